The summed E-state index contributed by atoms with van der Waals surface area (Å²) < 4.78 is 0. The van der Waals surface area contributed by atoms with Gasteiger partial charge < -0.3 is 5.73 Å². The molecular weight excluding hydrogens is 195 g/mol. The third kappa shape index (κ3) is 3.39. The maximum Gasteiger partial charge on any atom is 0.0420 e. The minimum absolute atomic E-state index is 0. The summed E-state index contributed by atoms with van der Waals surface area (Å²) in [4.78, 5) is 4.26. The molecule has 0 unspecified atom stereocenters. The van der Waals surface area contributed by atoms with Crippen LogP contribution in [0, 0.1) is 13.8 Å². The highest BCUT2D eigenvalue weighted by atomic mass is 35.5. The molecule has 1 heterocycles. The van der Waals surface area contributed by atoms with Gasteiger partial charge in [0.25, 0.3) is 0 Å². The van der Waals surface area contributed by atoms with Gasteiger partial charge in [-0.3, -0.25) is 4.98 Å². The number of nitrogens with two attached hydrogens (primary N) is 1. The van der Waals surface area contributed by atoms with Crippen LogP contribution in [-0.4, -0.2) is 4.98 Å². The van der Waals surface area contributed by atoms with E-state index >= 15 is 0 Å². The SMILES string of the molecule is Cc1ccc(CN)c(C)n1.Cl.Cl. The number of hydrogen-bond acceptors (Lipinski definition) is 2. The van der Waals surface area contributed by atoms with Gasteiger partial charge in [-0.25, -0.2) is 0 Å². The molecule has 2 N–H and O–H groups in total. The number of nitrogens with zero attached hydrogens (tertiary/aromatic N) is 1. The molecule has 0 atom stereocenters. The standard InChI is InChI=1S/C8H12N2.2ClH/c1-6-3-4-8(5-9)7(2)10-6;;/h3-4H,5,9H2,1-2H3;2*1H. The molecule has 0 spiro atoms. The predicted molar refractivity (Wildman–Crippen MR) is 56.1 cm³/mol. The molecule has 0 saturated carbocycles. The van der Waals surface area contributed by atoms with Crippen LogP contribution in [0.3, 0.4) is 0 Å². The summed E-state index contributed by atoms with van der Waals surface area (Å²) in [5, 5.41) is 0. The van der Waals surface area contributed by atoms with Crippen LogP contribution in [0.5, 0.6) is 0 Å². The number of aryl methyl sites for hydroxylation is 2. The van der Waals surface area contributed by atoms with Crippen molar-refractivity contribution in [2.75, 3.05) is 0 Å². The van der Waals surface area contributed by atoms with E-state index in [2.05, 4.69) is 4.98 Å². The molecule has 4 heteroatoms. The van der Waals surface area contributed by atoms with E-state index < -0.39 is 0 Å². The van der Waals surface area contributed by atoms with Gasteiger partial charge in [-0.15, -0.1) is 24.8 Å². The molecule has 1 aromatic heterocycles. The molecule has 70 valence electrons. The minimum Gasteiger partial charge on any atom is -0.326 e. The van der Waals surface area contributed by atoms with E-state index in [0.29, 0.717) is 6.54 Å². The Morgan fingerprint density at radius 1 is 1.25 bits per heavy atom. The molecule has 0 aliphatic rings. The van der Waals surface area contributed by atoms with Crippen molar-refractivity contribution in [2.24, 2.45) is 5.73 Å². The van der Waals surface area contributed by atoms with Gasteiger partial charge in [-0.2, -0.15) is 0 Å². The Balaban J connectivity index is 0. The second-order valence-corrected chi connectivity index (χ2v) is 2.40. The molecule has 0 amide bonds. The van der Waals surface area contributed by atoms with Crippen LogP contribution in [0.2, 0.25) is 0 Å². The van der Waals surface area contributed by atoms with Crippen molar-refractivity contribution < 1.29 is 0 Å². The minimum atomic E-state index is 0. The van der Waals surface area contributed by atoms with Crippen molar-refractivity contribution in [1.82, 2.24) is 4.98 Å². The van der Waals surface area contributed by atoms with Crippen molar-refractivity contribution in [3.63, 3.8) is 0 Å². The van der Waals surface area contributed by atoms with Crippen LogP contribution in [-0.2, 0) is 6.54 Å². The van der Waals surface area contributed by atoms with Gasteiger partial charge >= 0.3 is 0 Å². The number of aromatic nitrogens is 1. The van der Waals surface area contributed by atoms with Crippen molar-refractivity contribution in [2.45, 2.75) is 20.4 Å². The first-order valence-corrected chi connectivity index (χ1v) is 3.37. The molecule has 12 heavy (non-hydrogen) atoms. The van der Waals surface area contributed by atoms with Crippen molar-refractivity contribution >= 4 is 24.8 Å². The molecule has 0 bridgehead atoms. The molecule has 0 aromatic carbocycles. The topological polar surface area (TPSA) is 38.9 Å². The Hall–Kier alpha value is -0.310. The first-order chi connectivity index (χ1) is 4.74. The number of pyridine rings is 1. The predicted octanol–water partition coefficient (Wildman–Crippen LogP) is 2.00. The molecular formula is C8H14Cl2N2. The molecule has 1 aromatic rings. The Morgan fingerprint density at radius 2 is 1.83 bits per heavy atom. The summed E-state index contributed by atoms with van der Waals surface area (Å²) >= 11 is 0. The zero-order valence-electron chi connectivity index (χ0n) is 7.20. The number of halogens is 2. The largest absolute Gasteiger partial charge is 0.326 e. The van der Waals surface area contributed by atoms with E-state index in [1.165, 1.54) is 0 Å². The fourth-order valence-electron chi connectivity index (χ4n) is 0.931. The first kappa shape index (κ1) is 14.2. The maximum atomic E-state index is 5.46. The highest BCUT2D eigenvalue weighted by Gasteiger charge is 1.95. The van der Waals surface area contributed by atoms with Crippen LogP contribution >= 0.6 is 24.8 Å². The Bertz CT molecular complexity index is 238. The molecule has 2 nitrogen and oxygen atoms in total. The van der Waals surface area contributed by atoms with Gasteiger partial charge in [0.1, 0.15) is 0 Å². The van der Waals surface area contributed by atoms with Crippen molar-refractivity contribution in [1.29, 1.82) is 0 Å². The Kier molecular flexibility index (Phi) is 7.39. The summed E-state index contributed by atoms with van der Waals surface area (Å²) in [5.41, 5.74) is 8.69. The van der Waals surface area contributed by atoms with Crippen molar-refractivity contribution in [3.05, 3.63) is 29.1 Å². The van der Waals surface area contributed by atoms with Crippen LogP contribution in [0.1, 0.15) is 17.0 Å². The molecule has 0 fully saturated rings. The maximum absolute atomic E-state index is 5.46. The third-order valence-corrected chi connectivity index (χ3v) is 1.55. The Morgan fingerprint density at radius 3 is 2.25 bits per heavy atom. The van der Waals surface area contributed by atoms with Gasteiger partial charge in [-0.05, 0) is 25.5 Å². The van der Waals surface area contributed by atoms with E-state index in [4.69, 9.17) is 5.73 Å². The second kappa shape index (κ2) is 6.23. The summed E-state index contributed by atoms with van der Waals surface area (Å²) in [6.07, 6.45) is 0. The van der Waals surface area contributed by atoms with Crippen LogP contribution in [0.15, 0.2) is 12.1 Å². The third-order valence-electron chi connectivity index (χ3n) is 1.55. The normalized spacial score (nSPS) is 8.25. The van der Waals surface area contributed by atoms with Gasteiger partial charge in [-0.1, -0.05) is 6.07 Å². The lowest BCUT2D eigenvalue weighted by atomic mass is 10.2. The quantitative estimate of drug-likeness (QED) is 0.768. The molecule has 0 aliphatic heterocycles. The molecule has 1 rings (SSSR count). The summed E-state index contributed by atoms with van der Waals surface area (Å²) in [6.45, 7) is 4.54. The average Bonchev–Trinajstić information content (AvgIpc) is 1.88. The zero-order chi connectivity index (χ0) is 7.56. The van der Waals surface area contributed by atoms with Gasteiger partial charge in [0.05, 0.1) is 0 Å². The molecule has 0 aliphatic carbocycles. The van der Waals surface area contributed by atoms with Gasteiger partial charge in [0.15, 0.2) is 0 Å². The highest BCUT2D eigenvalue weighted by molar-refractivity contribution is 5.85. The zero-order valence-corrected chi connectivity index (χ0v) is 8.84. The lowest BCUT2D eigenvalue weighted by molar-refractivity contribution is 0.990. The van der Waals surface area contributed by atoms with Crippen LogP contribution in [0.25, 0.3) is 0 Å². The van der Waals surface area contributed by atoms with E-state index in [1.807, 2.05) is 26.0 Å². The van der Waals surface area contributed by atoms with E-state index in [-0.39, 0.29) is 24.8 Å². The monoisotopic (exact) mass is 208 g/mol. The van der Waals surface area contributed by atoms with E-state index in [9.17, 15) is 0 Å². The first-order valence-electron chi connectivity index (χ1n) is 3.37. The molecule has 0 radical (unpaired) electrons. The molecule has 0 saturated heterocycles. The lowest BCUT2D eigenvalue weighted by Gasteiger charge is -2.01. The van der Waals surface area contributed by atoms with Crippen molar-refractivity contribution in [3.8, 4) is 0 Å². The number of rotatable bonds is 1. The van der Waals surface area contributed by atoms with E-state index in [0.717, 1.165) is 17.0 Å². The second-order valence-electron chi connectivity index (χ2n) is 2.40. The van der Waals surface area contributed by atoms with Crippen LogP contribution < -0.4 is 5.73 Å². The highest BCUT2D eigenvalue weighted by Crippen LogP contribution is 2.04. The fraction of sp³-hybridized carbons (Fsp3) is 0.375. The van der Waals surface area contributed by atoms with Crippen LogP contribution in [0.4, 0.5) is 0 Å². The smallest absolute Gasteiger partial charge is 0.0420 e. The summed E-state index contributed by atoms with van der Waals surface area (Å²) in [7, 11) is 0. The lowest BCUT2D eigenvalue weighted by Crippen LogP contribution is -2.00. The van der Waals surface area contributed by atoms with Gasteiger partial charge in [0, 0.05) is 17.9 Å². The average molecular weight is 209 g/mol. The number of hydrogen-bond donors (Lipinski definition) is 1. The summed E-state index contributed by atoms with van der Waals surface area (Å²) in [5.74, 6) is 0. The Labute approximate surface area is 85.4 Å². The van der Waals surface area contributed by atoms with Gasteiger partial charge in [0.2, 0.25) is 0 Å². The fourth-order valence-corrected chi connectivity index (χ4v) is 0.931. The summed E-state index contributed by atoms with van der Waals surface area (Å²) in [6, 6.07) is 4.01. The van der Waals surface area contributed by atoms with E-state index in [1.54, 1.807) is 0 Å².